The van der Waals surface area contributed by atoms with Gasteiger partial charge in [0.15, 0.2) is 0 Å². The van der Waals surface area contributed by atoms with Gasteiger partial charge >= 0.3 is 0 Å². The first-order chi connectivity index (χ1) is 6.13. The maximum absolute atomic E-state index is 5.54. The molecule has 5 nitrogen and oxygen atoms in total. The van der Waals surface area contributed by atoms with Gasteiger partial charge in [0.05, 0.1) is 0 Å². The van der Waals surface area contributed by atoms with E-state index in [0.29, 0.717) is 11.9 Å². The number of hydrogen-bond donors (Lipinski definition) is 1. The van der Waals surface area contributed by atoms with Crippen molar-refractivity contribution in [2.75, 3.05) is 24.7 Å². The molecule has 0 aromatic carbocycles. The van der Waals surface area contributed by atoms with Crippen molar-refractivity contribution in [3.05, 3.63) is 5.82 Å². The van der Waals surface area contributed by atoms with Gasteiger partial charge in [0.1, 0.15) is 5.82 Å². The molecule has 1 rings (SSSR count). The zero-order valence-electron chi connectivity index (χ0n) is 8.28. The van der Waals surface area contributed by atoms with Crippen LogP contribution >= 0.6 is 0 Å². The van der Waals surface area contributed by atoms with Crippen LogP contribution in [-0.4, -0.2) is 29.0 Å². The molecule has 0 saturated heterocycles. The quantitative estimate of drug-likeness (QED) is 0.734. The van der Waals surface area contributed by atoms with E-state index < -0.39 is 0 Å². The Balaban J connectivity index is 2.96. The molecule has 0 amide bonds. The second-order valence-electron chi connectivity index (χ2n) is 3.05. The summed E-state index contributed by atoms with van der Waals surface area (Å²) in [6, 6.07) is 0. The molecular weight excluding hydrogens is 166 g/mol. The largest absolute Gasteiger partial charge is 0.368 e. The van der Waals surface area contributed by atoms with Crippen molar-refractivity contribution in [3.8, 4) is 0 Å². The van der Waals surface area contributed by atoms with E-state index >= 15 is 0 Å². The Morgan fingerprint density at radius 3 is 2.46 bits per heavy atom. The third-order valence-electron chi connectivity index (χ3n) is 1.56. The maximum Gasteiger partial charge on any atom is 0.229 e. The lowest BCUT2D eigenvalue weighted by Gasteiger charge is -2.10. The van der Waals surface area contributed by atoms with Crippen LogP contribution in [0.5, 0.6) is 0 Å². The molecule has 0 unspecified atom stereocenters. The Hall–Kier alpha value is -1.39. The number of nitrogens with zero attached hydrogens (tertiary/aromatic N) is 4. The molecule has 0 aliphatic rings. The first-order valence-corrected chi connectivity index (χ1v) is 4.31. The third kappa shape index (κ3) is 2.54. The third-order valence-corrected chi connectivity index (χ3v) is 1.56. The van der Waals surface area contributed by atoms with E-state index in [9.17, 15) is 0 Å². The average molecular weight is 181 g/mol. The van der Waals surface area contributed by atoms with E-state index in [-0.39, 0.29) is 0 Å². The Morgan fingerprint density at radius 2 is 1.92 bits per heavy atom. The van der Waals surface area contributed by atoms with Crippen molar-refractivity contribution in [2.45, 2.75) is 19.8 Å². The zero-order chi connectivity index (χ0) is 9.84. The fraction of sp³-hybridized carbons (Fsp3) is 0.625. The van der Waals surface area contributed by atoms with Gasteiger partial charge in [-0.1, -0.05) is 6.92 Å². The van der Waals surface area contributed by atoms with E-state index in [4.69, 9.17) is 5.73 Å². The van der Waals surface area contributed by atoms with Crippen LogP contribution in [0.2, 0.25) is 0 Å². The predicted octanol–water partition coefficient (Wildman–Crippen LogP) is 0.472. The van der Waals surface area contributed by atoms with Crippen LogP contribution in [0.15, 0.2) is 0 Å². The molecule has 72 valence electrons. The van der Waals surface area contributed by atoms with Crippen molar-refractivity contribution >= 4 is 11.9 Å². The highest BCUT2D eigenvalue weighted by atomic mass is 15.3. The van der Waals surface area contributed by atoms with E-state index in [1.54, 1.807) is 0 Å². The molecule has 0 aliphatic carbocycles. The summed E-state index contributed by atoms with van der Waals surface area (Å²) in [6.45, 7) is 2.08. The molecule has 1 aromatic rings. The fourth-order valence-corrected chi connectivity index (χ4v) is 0.961. The van der Waals surface area contributed by atoms with Gasteiger partial charge < -0.3 is 10.6 Å². The topological polar surface area (TPSA) is 67.9 Å². The summed E-state index contributed by atoms with van der Waals surface area (Å²) in [5.41, 5.74) is 5.54. The van der Waals surface area contributed by atoms with Crippen LogP contribution in [-0.2, 0) is 6.42 Å². The fourth-order valence-electron chi connectivity index (χ4n) is 0.961. The zero-order valence-corrected chi connectivity index (χ0v) is 8.28. The summed E-state index contributed by atoms with van der Waals surface area (Å²) in [6.07, 6.45) is 1.85. The molecule has 0 radical (unpaired) electrons. The number of hydrogen-bond acceptors (Lipinski definition) is 5. The molecule has 13 heavy (non-hydrogen) atoms. The normalized spacial score (nSPS) is 10.1. The van der Waals surface area contributed by atoms with Crippen molar-refractivity contribution in [3.63, 3.8) is 0 Å². The van der Waals surface area contributed by atoms with Crippen molar-refractivity contribution in [1.82, 2.24) is 15.0 Å². The van der Waals surface area contributed by atoms with Crippen molar-refractivity contribution in [2.24, 2.45) is 0 Å². The molecule has 1 aromatic heterocycles. The van der Waals surface area contributed by atoms with E-state index in [1.165, 1.54) is 0 Å². The summed E-state index contributed by atoms with van der Waals surface area (Å²) in [7, 11) is 3.76. The number of nitrogen functional groups attached to an aromatic ring is 1. The molecule has 0 bridgehead atoms. The average Bonchev–Trinajstić information content (AvgIpc) is 2.03. The van der Waals surface area contributed by atoms with E-state index in [0.717, 1.165) is 18.7 Å². The highest BCUT2D eigenvalue weighted by Gasteiger charge is 2.04. The molecule has 0 atom stereocenters. The van der Waals surface area contributed by atoms with E-state index in [2.05, 4.69) is 21.9 Å². The minimum Gasteiger partial charge on any atom is -0.368 e. The first kappa shape index (κ1) is 9.70. The molecule has 0 fully saturated rings. The number of rotatable bonds is 3. The van der Waals surface area contributed by atoms with Crippen LogP contribution in [0.3, 0.4) is 0 Å². The Bertz CT molecular complexity index is 284. The summed E-state index contributed by atoms with van der Waals surface area (Å²) in [5.74, 6) is 1.68. The number of nitrogens with two attached hydrogens (primary N) is 1. The lowest BCUT2D eigenvalue weighted by Crippen LogP contribution is -2.16. The molecule has 1 heterocycles. The monoisotopic (exact) mass is 181 g/mol. The van der Waals surface area contributed by atoms with Crippen LogP contribution < -0.4 is 10.6 Å². The summed E-state index contributed by atoms with van der Waals surface area (Å²) in [5, 5.41) is 0. The molecule has 5 heteroatoms. The molecule has 0 saturated carbocycles. The SMILES string of the molecule is CCCc1nc(N)nc(N(C)C)n1. The summed E-state index contributed by atoms with van der Waals surface area (Å²) < 4.78 is 0. The van der Waals surface area contributed by atoms with Gasteiger partial charge in [-0.2, -0.15) is 15.0 Å². The lowest BCUT2D eigenvalue weighted by molar-refractivity contribution is 0.811. The Morgan fingerprint density at radius 1 is 1.23 bits per heavy atom. The number of aromatic nitrogens is 3. The second-order valence-corrected chi connectivity index (χ2v) is 3.05. The smallest absolute Gasteiger partial charge is 0.229 e. The number of aryl methyl sites for hydroxylation is 1. The predicted molar refractivity (Wildman–Crippen MR) is 52.6 cm³/mol. The second kappa shape index (κ2) is 4.02. The van der Waals surface area contributed by atoms with Gasteiger partial charge in [-0.3, -0.25) is 0 Å². The maximum atomic E-state index is 5.54. The summed E-state index contributed by atoms with van der Waals surface area (Å²) >= 11 is 0. The number of anilines is 2. The summed E-state index contributed by atoms with van der Waals surface area (Å²) in [4.78, 5) is 14.1. The molecule has 0 aliphatic heterocycles. The standard InChI is InChI=1S/C8H15N5/c1-4-5-6-10-7(9)12-8(11-6)13(2)3/h4-5H2,1-3H3,(H2,9,10,11,12). The molecule has 2 N–H and O–H groups in total. The van der Waals surface area contributed by atoms with Crippen LogP contribution in [0.4, 0.5) is 11.9 Å². The highest BCUT2D eigenvalue weighted by Crippen LogP contribution is 2.06. The van der Waals surface area contributed by atoms with Crippen LogP contribution in [0.25, 0.3) is 0 Å². The van der Waals surface area contributed by atoms with Gasteiger partial charge in [-0.25, -0.2) is 0 Å². The van der Waals surface area contributed by atoms with Crippen LogP contribution in [0.1, 0.15) is 19.2 Å². The molecule has 0 spiro atoms. The minimum absolute atomic E-state index is 0.294. The highest BCUT2D eigenvalue weighted by molar-refractivity contribution is 5.32. The van der Waals surface area contributed by atoms with Crippen molar-refractivity contribution in [1.29, 1.82) is 0 Å². The minimum atomic E-state index is 0.294. The first-order valence-electron chi connectivity index (χ1n) is 4.31. The van der Waals surface area contributed by atoms with Gasteiger partial charge in [-0.05, 0) is 6.42 Å². The van der Waals surface area contributed by atoms with Crippen LogP contribution in [0, 0.1) is 0 Å². The van der Waals surface area contributed by atoms with Gasteiger partial charge in [0.2, 0.25) is 11.9 Å². The van der Waals surface area contributed by atoms with Gasteiger partial charge in [0.25, 0.3) is 0 Å². The van der Waals surface area contributed by atoms with Crippen molar-refractivity contribution < 1.29 is 0 Å². The molecular formula is C8H15N5. The Kier molecular flexibility index (Phi) is 3.00. The lowest BCUT2D eigenvalue weighted by atomic mass is 10.3. The van der Waals surface area contributed by atoms with E-state index in [1.807, 2.05) is 19.0 Å². The van der Waals surface area contributed by atoms with Gasteiger partial charge in [0, 0.05) is 20.5 Å². The Labute approximate surface area is 78.0 Å². The van der Waals surface area contributed by atoms with Gasteiger partial charge in [-0.15, -0.1) is 0 Å².